The van der Waals surface area contributed by atoms with Crippen LogP contribution in [0.5, 0.6) is 0 Å². The summed E-state index contributed by atoms with van der Waals surface area (Å²) in [6.45, 7) is 5.30. The predicted octanol–water partition coefficient (Wildman–Crippen LogP) is 2.84. The van der Waals surface area contributed by atoms with Crippen molar-refractivity contribution in [1.29, 1.82) is 0 Å². The van der Waals surface area contributed by atoms with Crippen molar-refractivity contribution in [3.63, 3.8) is 0 Å². The number of hydrogen-bond donors (Lipinski definition) is 8. The Morgan fingerprint density at radius 2 is 0.868 bits per heavy atom. The number of amidine groups is 1. The summed E-state index contributed by atoms with van der Waals surface area (Å²) < 4.78 is 2.40. The van der Waals surface area contributed by atoms with Gasteiger partial charge in [0, 0.05) is 54.5 Å². The molecule has 0 radical (unpaired) electrons. The molecule has 5 rings (SSSR count). The van der Waals surface area contributed by atoms with Crippen LogP contribution in [0.4, 0.5) is 0 Å². The predicted molar refractivity (Wildman–Crippen MR) is 223 cm³/mol. The smallest absolute Gasteiger partial charge is 0.185 e. The first-order chi connectivity index (χ1) is 25.5. The Balaban J connectivity index is 1.55. The topological polar surface area (TPSA) is 263 Å². The summed E-state index contributed by atoms with van der Waals surface area (Å²) in [4.78, 5) is 17.0. The molecule has 0 saturated carbocycles. The van der Waals surface area contributed by atoms with E-state index < -0.39 is 0 Å². The monoisotopic (exact) mass is 715 g/mol. The first-order valence-electron chi connectivity index (χ1n) is 18.0. The van der Waals surface area contributed by atoms with E-state index in [0.717, 1.165) is 70.2 Å². The van der Waals surface area contributed by atoms with E-state index in [-0.39, 0.29) is 17.9 Å². The minimum Gasteiger partial charge on any atom is -0.388 e. The number of fused-ring (bicyclic) bond motifs is 3. The molecular weight excluding hydrogens is 663 g/mol. The number of aryl methyl sites for hydroxylation is 1. The summed E-state index contributed by atoms with van der Waals surface area (Å²) >= 11 is 0. The molecule has 0 aliphatic rings. The van der Waals surface area contributed by atoms with Gasteiger partial charge >= 0.3 is 0 Å². The first-order valence-corrected chi connectivity index (χ1v) is 18.0. The summed E-state index contributed by atoms with van der Waals surface area (Å²) in [6.07, 6.45) is 3.72. The second-order valence-corrected chi connectivity index (χ2v) is 13.2. The van der Waals surface area contributed by atoms with Crippen molar-refractivity contribution in [3.05, 3.63) is 95.1 Å². The van der Waals surface area contributed by atoms with E-state index in [1.165, 1.54) is 21.9 Å². The van der Waals surface area contributed by atoms with Gasteiger partial charge in [0.05, 0.1) is 5.84 Å². The largest absolute Gasteiger partial charge is 0.388 e. The molecule has 1 heterocycles. The van der Waals surface area contributed by atoms with Gasteiger partial charge in [0.2, 0.25) is 0 Å². The van der Waals surface area contributed by atoms with Crippen LogP contribution in [-0.2, 0) is 32.2 Å². The van der Waals surface area contributed by atoms with Gasteiger partial charge in [-0.15, -0.1) is 0 Å². The number of aromatic nitrogens is 1. The number of rotatable bonds is 17. The van der Waals surface area contributed by atoms with Gasteiger partial charge in [0.15, 0.2) is 17.9 Å². The molecule has 13 nitrogen and oxygen atoms in total. The maximum absolute atomic E-state index is 6.06. The second-order valence-electron chi connectivity index (χ2n) is 13.2. The lowest BCUT2D eigenvalue weighted by Gasteiger charge is -2.13. The highest BCUT2D eigenvalue weighted by atomic mass is 15.0. The van der Waals surface area contributed by atoms with Crippen molar-refractivity contribution in [2.75, 3.05) is 32.7 Å². The van der Waals surface area contributed by atoms with E-state index in [4.69, 9.17) is 45.9 Å². The molecule has 278 valence electrons. The Morgan fingerprint density at radius 1 is 0.491 bits per heavy atom. The van der Waals surface area contributed by atoms with Crippen LogP contribution in [0, 0.1) is 0 Å². The lowest BCUT2D eigenvalue weighted by Crippen LogP contribution is -2.23. The normalized spacial score (nSPS) is 11.5. The maximum Gasteiger partial charge on any atom is 0.185 e. The summed E-state index contributed by atoms with van der Waals surface area (Å²) in [7, 11) is 0. The third-order valence-electron chi connectivity index (χ3n) is 9.30. The third kappa shape index (κ3) is 10.0. The van der Waals surface area contributed by atoms with E-state index in [0.29, 0.717) is 51.4 Å². The van der Waals surface area contributed by atoms with Crippen LogP contribution in [0.25, 0.3) is 44.1 Å². The van der Waals surface area contributed by atoms with E-state index in [9.17, 15) is 0 Å². The molecule has 0 aliphatic heterocycles. The Hall–Kier alpha value is -6.08. The van der Waals surface area contributed by atoms with Crippen molar-refractivity contribution in [1.82, 2.24) is 4.57 Å². The zero-order chi connectivity index (χ0) is 37.9. The average Bonchev–Trinajstić information content (AvgIpc) is 3.43. The van der Waals surface area contributed by atoms with Crippen LogP contribution in [-0.4, -0.2) is 61.0 Å². The molecule has 16 N–H and O–H groups in total. The van der Waals surface area contributed by atoms with Gasteiger partial charge in [0.1, 0.15) is 0 Å². The number of guanidine groups is 3. The van der Waals surface area contributed by atoms with Crippen molar-refractivity contribution in [2.45, 2.75) is 45.6 Å². The molecule has 5 aromatic rings. The van der Waals surface area contributed by atoms with Crippen molar-refractivity contribution in [3.8, 4) is 22.3 Å². The molecule has 13 heteroatoms. The Morgan fingerprint density at radius 3 is 1.26 bits per heavy atom. The fourth-order valence-corrected chi connectivity index (χ4v) is 6.78. The van der Waals surface area contributed by atoms with Crippen molar-refractivity contribution in [2.24, 2.45) is 65.8 Å². The molecular formula is C40H53N13. The van der Waals surface area contributed by atoms with Gasteiger partial charge < -0.3 is 50.4 Å². The summed E-state index contributed by atoms with van der Waals surface area (Å²) in [5.74, 6) is 0.819. The lowest BCUT2D eigenvalue weighted by atomic mass is 9.94. The third-order valence-corrected chi connectivity index (χ3v) is 9.30. The van der Waals surface area contributed by atoms with Gasteiger partial charge in [-0.1, -0.05) is 60.7 Å². The molecule has 53 heavy (non-hydrogen) atoms. The first kappa shape index (κ1) is 38.2. The van der Waals surface area contributed by atoms with Crippen LogP contribution >= 0.6 is 0 Å². The molecule has 0 fully saturated rings. The molecule has 1 aromatic heterocycles. The van der Waals surface area contributed by atoms with Crippen LogP contribution in [0.15, 0.2) is 92.8 Å². The number of nitrogens with two attached hydrogens (primary N) is 8. The van der Waals surface area contributed by atoms with Crippen LogP contribution < -0.4 is 45.9 Å². The average molecular weight is 716 g/mol. The van der Waals surface area contributed by atoms with Gasteiger partial charge in [-0.05, 0) is 102 Å². The zero-order valence-electron chi connectivity index (χ0n) is 30.6. The quantitative estimate of drug-likeness (QED) is 0.0523. The maximum atomic E-state index is 6.06. The summed E-state index contributed by atoms with van der Waals surface area (Å²) in [5.41, 5.74) is 57.0. The standard InChI is InChI=1S/C40H53N13/c1-25(42)49-16-13-32-21-28(5-3-26(32)11-17-50-38(43)44)30-7-9-34-35-10-8-31(24-37(35)53(20-2-15-41)36(34)23-30)29-6-4-27(12-18-51-39(45)46)33(22-29)14-19-52-40(47)48/h3-10,21-24H,2,11-20,41H2,1H3,(H2,42,49)(H4,43,44,50)(H4,45,46,51)(H4,47,48,52). The van der Waals surface area contributed by atoms with E-state index >= 15 is 0 Å². The number of nitrogens with zero attached hydrogens (tertiary/aromatic N) is 5. The van der Waals surface area contributed by atoms with Crippen LogP contribution in [0.3, 0.4) is 0 Å². The Labute approximate surface area is 310 Å². The van der Waals surface area contributed by atoms with Crippen LogP contribution in [0.2, 0.25) is 0 Å². The number of aliphatic imine (C=N–C) groups is 4. The van der Waals surface area contributed by atoms with Crippen molar-refractivity contribution >= 4 is 45.5 Å². The SMILES string of the molecule is CC(N)=NCCc1cc(-c2ccc3c4ccc(-c5ccc(CCN=C(N)N)c(CCN=C(N)N)c5)cc4n(CCCN)c3c2)ccc1CCN=C(N)N. The number of hydrogen-bond acceptors (Lipinski definition) is 5. The second kappa shape index (κ2) is 17.9. The minimum absolute atomic E-state index is 0.0754. The van der Waals surface area contributed by atoms with Gasteiger partial charge in [-0.25, -0.2) is 0 Å². The van der Waals surface area contributed by atoms with Gasteiger partial charge in [-0.2, -0.15) is 0 Å². The highest BCUT2D eigenvalue weighted by Crippen LogP contribution is 2.36. The highest BCUT2D eigenvalue weighted by molar-refractivity contribution is 6.10. The molecule has 0 unspecified atom stereocenters. The Bertz CT molecular complexity index is 2010. The molecule has 0 saturated heterocycles. The van der Waals surface area contributed by atoms with Crippen LogP contribution in [0.1, 0.15) is 35.6 Å². The highest BCUT2D eigenvalue weighted by Gasteiger charge is 2.15. The van der Waals surface area contributed by atoms with Crippen molar-refractivity contribution < 1.29 is 0 Å². The summed E-state index contributed by atoms with van der Waals surface area (Å²) in [6, 6.07) is 26.5. The Kier molecular flexibility index (Phi) is 12.9. The van der Waals surface area contributed by atoms with Gasteiger partial charge in [-0.3, -0.25) is 20.0 Å². The fourth-order valence-electron chi connectivity index (χ4n) is 6.78. The molecule has 0 amide bonds. The van der Waals surface area contributed by atoms with E-state index in [1.807, 2.05) is 0 Å². The molecule has 0 bridgehead atoms. The molecule has 4 aromatic carbocycles. The molecule has 0 spiro atoms. The van der Waals surface area contributed by atoms with Gasteiger partial charge in [0.25, 0.3) is 0 Å². The summed E-state index contributed by atoms with van der Waals surface area (Å²) in [5, 5.41) is 2.39. The molecule has 0 aliphatic carbocycles. The van der Waals surface area contributed by atoms with E-state index in [1.54, 1.807) is 6.92 Å². The fraction of sp³-hybridized carbons (Fsp3) is 0.300. The molecule has 0 atom stereocenters. The minimum atomic E-state index is 0.0754. The van der Waals surface area contributed by atoms with E-state index in [2.05, 4.69) is 97.3 Å². The lowest BCUT2D eigenvalue weighted by molar-refractivity contribution is 0.687. The zero-order valence-corrected chi connectivity index (χ0v) is 30.6. The number of benzene rings is 4.